The van der Waals surface area contributed by atoms with Crippen molar-refractivity contribution in [3.05, 3.63) is 23.0 Å². The standard InChI is InChI=1S/C10H10N2O2S/c1-3-14-10(13)7-4-9-8(5-11-7)12-6(2)15-9/h4-5H,3H2,1-2H3. The van der Waals surface area contributed by atoms with Crippen LogP contribution in [0.2, 0.25) is 0 Å². The number of pyridine rings is 1. The second-order valence-corrected chi connectivity index (χ2v) is 4.23. The molecule has 2 aromatic rings. The van der Waals surface area contributed by atoms with Crippen molar-refractivity contribution in [3.8, 4) is 0 Å². The number of esters is 1. The number of nitrogens with zero attached hydrogens (tertiary/aromatic N) is 2. The molecule has 78 valence electrons. The molecule has 0 N–H and O–H groups in total. The molecule has 0 aromatic carbocycles. The Balaban J connectivity index is 2.41. The number of carbonyl (C=O) groups is 1. The molecule has 4 nitrogen and oxygen atoms in total. The van der Waals surface area contributed by atoms with E-state index in [0.717, 1.165) is 15.2 Å². The Morgan fingerprint density at radius 2 is 2.40 bits per heavy atom. The summed E-state index contributed by atoms with van der Waals surface area (Å²) in [6, 6.07) is 1.72. The van der Waals surface area contributed by atoms with Crippen molar-refractivity contribution in [1.82, 2.24) is 9.97 Å². The van der Waals surface area contributed by atoms with Gasteiger partial charge in [0, 0.05) is 0 Å². The minimum atomic E-state index is -0.384. The van der Waals surface area contributed by atoms with Crippen LogP contribution in [0.4, 0.5) is 0 Å². The lowest BCUT2D eigenvalue weighted by Crippen LogP contribution is -2.06. The first-order chi connectivity index (χ1) is 7.20. The van der Waals surface area contributed by atoms with Gasteiger partial charge in [-0.25, -0.2) is 14.8 Å². The Labute approximate surface area is 90.9 Å². The van der Waals surface area contributed by atoms with Crippen molar-refractivity contribution in [1.29, 1.82) is 0 Å². The Morgan fingerprint density at radius 3 is 3.13 bits per heavy atom. The predicted octanol–water partition coefficient (Wildman–Crippen LogP) is 2.18. The maximum absolute atomic E-state index is 11.4. The van der Waals surface area contributed by atoms with Crippen LogP contribution in [-0.4, -0.2) is 22.5 Å². The van der Waals surface area contributed by atoms with E-state index in [-0.39, 0.29) is 5.97 Å². The summed E-state index contributed by atoms with van der Waals surface area (Å²) in [4.78, 5) is 19.7. The molecule has 15 heavy (non-hydrogen) atoms. The van der Waals surface area contributed by atoms with Gasteiger partial charge in [0.15, 0.2) is 0 Å². The van der Waals surface area contributed by atoms with E-state index >= 15 is 0 Å². The molecule has 0 fully saturated rings. The van der Waals surface area contributed by atoms with Crippen molar-refractivity contribution in [3.63, 3.8) is 0 Å². The van der Waals surface area contributed by atoms with E-state index in [1.807, 2.05) is 6.92 Å². The van der Waals surface area contributed by atoms with E-state index in [1.54, 1.807) is 30.5 Å². The number of thiazole rings is 1. The fourth-order valence-electron chi connectivity index (χ4n) is 1.26. The molecule has 0 radical (unpaired) electrons. The summed E-state index contributed by atoms with van der Waals surface area (Å²) in [5.74, 6) is -0.384. The molecule has 0 bridgehead atoms. The van der Waals surface area contributed by atoms with Crippen molar-refractivity contribution in [2.24, 2.45) is 0 Å². The van der Waals surface area contributed by atoms with Crippen LogP contribution in [0, 0.1) is 6.92 Å². The van der Waals surface area contributed by atoms with Gasteiger partial charge >= 0.3 is 5.97 Å². The molecule has 0 aliphatic carbocycles. The summed E-state index contributed by atoms with van der Waals surface area (Å²) < 4.78 is 5.83. The Kier molecular flexibility index (Phi) is 2.64. The Hall–Kier alpha value is -1.49. The van der Waals surface area contributed by atoms with Gasteiger partial charge in [-0.15, -0.1) is 11.3 Å². The number of ether oxygens (including phenoxy) is 1. The molecule has 0 saturated heterocycles. The highest BCUT2D eigenvalue weighted by Crippen LogP contribution is 2.21. The monoisotopic (exact) mass is 222 g/mol. The first-order valence-electron chi connectivity index (χ1n) is 4.61. The summed E-state index contributed by atoms with van der Waals surface area (Å²) in [6.07, 6.45) is 1.60. The third kappa shape index (κ3) is 1.97. The number of hydrogen-bond donors (Lipinski definition) is 0. The lowest BCUT2D eigenvalue weighted by Gasteiger charge is -1.99. The van der Waals surface area contributed by atoms with Crippen LogP contribution in [0.15, 0.2) is 12.3 Å². The first-order valence-corrected chi connectivity index (χ1v) is 5.42. The SMILES string of the molecule is CCOC(=O)c1cc2sc(C)nc2cn1. The van der Waals surface area contributed by atoms with Gasteiger partial charge < -0.3 is 4.74 Å². The number of rotatable bonds is 2. The summed E-state index contributed by atoms with van der Waals surface area (Å²) in [6.45, 7) is 4.06. The van der Waals surface area contributed by atoms with Crippen LogP contribution >= 0.6 is 11.3 Å². The lowest BCUT2D eigenvalue weighted by atomic mass is 10.3. The third-order valence-electron chi connectivity index (χ3n) is 1.87. The van der Waals surface area contributed by atoms with Gasteiger partial charge in [0.2, 0.25) is 0 Å². The summed E-state index contributed by atoms with van der Waals surface area (Å²) in [7, 11) is 0. The van der Waals surface area contributed by atoms with Crippen LogP contribution in [0.25, 0.3) is 10.2 Å². The van der Waals surface area contributed by atoms with Gasteiger partial charge in [-0.3, -0.25) is 0 Å². The quantitative estimate of drug-likeness (QED) is 0.731. The predicted molar refractivity (Wildman–Crippen MR) is 58.1 cm³/mol. The van der Waals surface area contributed by atoms with Crippen molar-refractivity contribution < 1.29 is 9.53 Å². The van der Waals surface area contributed by atoms with E-state index in [1.165, 1.54) is 0 Å². The molecule has 0 saturated carbocycles. The minimum absolute atomic E-state index is 0.341. The van der Waals surface area contributed by atoms with Crippen molar-refractivity contribution in [2.45, 2.75) is 13.8 Å². The van der Waals surface area contributed by atoms with E-state index in [0.29, 0.717) is 12.3 Å². The number of aromatic nitrogens is 2. The van der Waals surface area contributed by atoms with E-state index in [9.17, 15) is 4.79 Å². The highest BCUT2D eigenvalue weighted by Gasteiger charge is 2.10. The normalized spacial score (nSPS) is 10.5. The summed E-state index contributed by atoms with van der Waals surface area (Å²) in [5, 5.41) is 0.966. The topological polar surface area (TPSA) is 52.1 Å². The maximum Gasteiger partial charge on any atom is 0.356 e. The molecule has 2 rings (SSSR count). The molecule has 0 aliphatic rings. The molecular formula is C10H10N2O2S. The zero-order chi connectivity index (χ0) is 10.8. The van der Waals surface area contributed by atoms with E-state index in [2.05, 4.69) is 9.97 Å². The highest BCUT2D eigenvalue weighted by atomic mass is 32.1. The van der Waals surface area contributed by atoms with Gasteiger partial charge in [-0.1, -0.05) is 0 Å². The number of fused-ring (bicyclic) bond motifs is 1. The highest BCUT2D eigenvalue weighted by molar-refractivity contribution is 7.18. The van der Waals surface area contributed by atoms with Gasteiger partial charge in [-0.2, -0.15) is 0 Å². The second-order valence-electron chi connectivity index (χ2n) is 2.99. The fraction of sp³-hybridized carbons (Fsp3) is 0.300. The molecule has 0 amide bonds. The first kappa shape index (κ1) is 10.0. The summed E-state index contributed by atoms with van der Waals surface area (Å²) in [5.41, 5.74) is 1.17. The molecule has 0 unspecified atom stereocenters. The van der Waals surface area contributed by atoms with Gasteiger partial charge in [0.1, 0.15) is 5.69 Å². The average Bonchev–Trinajstić information content (AvgIpc) is 2.57. The van der Waals surface area contributed by atoms with Crippen molar-refractivity contribution in [2.75, 3.05) is 6.61 Å². The lowest BCUT2D eigenvalue weighted by molar-refractivity contribution is 0.0520. The molecule has 0 aliphatic heterocycles. The van der Waals surface area contributed by atoms with Crippen molar-refractivity contribution >= 4 is 27.5 Å². The van der Waals surface area contributed by atoms with E-state index in [4.69, 9.17) is 4.74 Å². The summed E-state index contributed by atoms with van der Waals surface area (Å²) >= 11 is 1.54. The van der Waals surface area contributed by atoms with Crippen LogP contribution in [0.1, 0.15) is 22.4 Å². The number of carbonyl (C=O) groups excluding carboxylic acids is 1. The van der Waals surface area contributed by atoms with Gasteiger partial charge in [0.05, 0.1) is 28.0 Å². The van der Waals surface area contributed by atoms with Crippen LogP contribution in [0.5, 0.6) is 0 Å². The van der Waals surface area contributed by atoms with Gasteiger partial charge in [0.25, 0.3) is 0 Å². The second kappa shape index (κ2) is 3.94. The molecule has 2 heterocycles. The zero-order valence-electron chi connectivity index (χ0n) is 8.48. The third-order valence-corrected chi connectivity index (χ3v) is 2.80. The number of hydrogen-bond acceptors (Lipinski definition) is 5. The number of aryl methyl sites for hydroxylation is 1. The molecule has 0 spiro atoms. The molecule has 2 aromatic heterocycles. The smallest absolute Gasteiger partial charge is 0.356 e. The molecule has 5 heteroatoms. The van der Waals surface area contributed by atoms with Crippen LogP contribution in [-0.2, 0) is 4.74 Å². The average molecular weight is 222 g/mol. The molecule has 0 atom stereocenters. The molecular weight excluding hydrogens is 212 g/mol. The van der Waals surface area contributed by atoms with Crippen LogP contribution < -0.4 is 0 Å². The maximum atomic E-state index is 11.4. The Bertz CT molecular complexity index is 507. The van der Waals surface area contributed by atoms with Crippen LogP contribution in [0.3, 0.4) is 0 Å². The van der Waals surface area contributed by atoms with E-state index < -0.39 is 0 Å². The largest absolute Gasteiger partial charge is 0.461 e. The minimum Gasteiger partial charge on any atom is -0.461 e. The zero-order valence-corrected chi connectivity index (χ0v) is 9.30. The Morgan fingerprint density at radius 1 is 1.60 bits per heavy atom. The van der Waals surface area contributed by atoms with Gasteiger partial charge in [-0.05, 0) is 19.9 Å². The fourth-order valence-corrected chi connectivity index (χ4v) is 2.10.